The highest BCUT2D eigenvalue weighted by atomic mass is 79.9. The Morgan fingerprint density at radius 1 is 1.03 bits per heavy atom. The van der Waals surface area contributed by atoms with Gasteiger partial charge in [-0.25, -0.2) is 0 Å². The van der Waals surface area contributed by atoms with Gasteiger partial charge in [0, 0.05) is 31.6 Å². The first-order chi connectivity index (χ1) is 15.9. The molecule has 1 aromatic heterocycles. The lowest BCUT2D eigenvalue weighted by molar-refractivity contribution is 0.0961. The summed E-state index contributed by atoms with van der Waals surface area (Å²) < 4.78 is 6.96. The summed E-state index contributed by atoms with van der Waals surface area (Å²) in [5.74, 6) is 2.32. The predicted octanol–water partition coefficient (Wildman–Crippen LogP) is 4.72. The van der Waals surface area contributed by atoms with Gasteiger partial charge in [0.15, 0.2) is 0 Å². The minimum absolute atomic E-state index is 0.265. The van der Waals surface area contributed by atoms with E-state index < -0.39 is 0 Å². The van der Waals surface area contributed by atoms with Crippen molar-refractivity contribution < 1.29 is 4.74 Å². The third-order valence-corrected chi connectivity index (χ3v) is 8.13. The highest BCUT2D eigenvalue weighted by Crippen LogP contribution is 2.37. The van der Waals surface area contributed by atoms with Gasteiger partial charge in [0.25, 0.3) is 0 Å². The van der Waals surface area contributed by atoms with E-state index in [-0.39, 0.29) is 5.95 Å². The van der Waals surface area contributed by atoms with E-state index in [1.165, 1.54) is 38.5 Å². The number of methoxy groups -OCH3 is 1. The summed E-state index contributed by atoms with van der Waals surface area (Å²) in [6.07, 6.45) is 9.90. The number of hydrogen-bond acceptors (Lipinski definition) is 7. The molecule has 0 amide bonds. The van der Waals surface area contributed by atoms with Crippen LogP contribution in [-0.4, -0.2) is 66.2 Å². The molecule has 3 N–H and O–H groups in total. The third-order valence-electron chi connectivity index (χ3n) is 7.51. The molecule has 0 radical (unpaired) electrons. The number of benzene rings is 1. The number of nitrogens with zero attached hydrogens (tertiary/aromatic N) is 5. The van der Waals surface area contributed by atoms with Gasteiger partial charge < -0.3 is 20.7 Å². The molecule has 1 aromatic carbocycles. The Hall–Kier alpha value is -1.97. The van der Waals surface area contributed by atoms with Crippen LogP contribution in [0.5, 0.6) is 5.75 Å². The molecule has 1 aliphatic heterocycles. The molecule has 4 rings (SSSR count). The number of likely N-dealkylation sites (tertiary alicyclic amines) is 1. The van der Waals surface area contributed by atoms with E-state index in [0.717, 1.165) is 52.3 Å². The van der Waals surface area contributed by atoms with Crippen LogP contribution < -0.4 is 20.3 Å². The van der Waals surface area contributed by atoms with Crippen LogP contribution >= 0.6 is 15.9 Å². The normalized spacial score (nSPS) is 20.7. The van der Waals surface area contributed by atoms with Crippen molar-refractivity contribution in [1.29, 1.82) is 0 Å². The lowest BCUT2D eigenvalue weighted by atomic mass is 9.95. The summed E-state index contributed by atoms with van der Waals surface area (Å²) in [7, 11) is 6.21. The number of hydrogen-bond donors (Lipinski definition) is 2. The topological polar surface area (TPSA) is 89.2 Å². The van der Waals surface area contributed by atoms with Crippen LogP contribution in [0.2, 0.25) is 0 Å². The van der Waals surface area contributed by atoms with Crippen LogP contribution in [0.4, 0.5) is 23.5 Å². The first kappa shape index (κ1) is 24.2. The van der Waals surface area contributed by atoms with E-state index in [2.05, 4.69) is 45.2 Å². The number of halogens is 1. The highest BCUT2D eigenvalue weighted by Gasteiger charge is 2.45. The van der Waals surface area contributed by atoms with E-state index in [1.807, 2.05) is 18.2 Å². The van der Waals surface area contributed by atoms with E-state index in [4.69, 9.17) is 20.4 Å². The molecular weight excluding hydrogens is 482 g/mol. The van der Waals surface area contributed by atoms with Crippen molar-refractivity contribution in [2.45, 2.75) is 63.5 Å². The number of rotatable bonds is 6. The summed E-state index contributed by atoms with van der Waals surface area (Å²) in [6.45, 7) is 2.22. The SMILES string of the molecule is COc1ccc(Nc2nc(N)nc([N+](C)(C3CCCCCC3)C3CCN(C)CC3)n2)cc1Br. The van der Waals surface area contributed by atoms with Gasteiger partial charge in [0.05, 0.1) is 30.7 Å². The molecule has 0 bridgehead atoms. The Labute approximate surface area is 205 Å². The van der Waals surface area contributed by atoms with Gasteiger partial charge in [-0.2, -0.15) is 4.98 Å². The summed E-state index contributed by atoms with van der Waals surface area (Å²) >= 11 is 3.55. The Morgan fingerprint density at radius 3 is 2.33 bits per heavy atom. The van der Waals surface area contributed by atoms with Gasteiger partial charge in [-0.3, -0.25) is 4.48 Å². The maximum atomic E-state index is 6.25. The molecule has 8 nitrogen and oxygen atoms in total. The minimum atomic E-state index is 0.265. The Balaban J connectivity index is 1.69. The average molecular weight is 520 g/mol. The van der Waals surface area contributed by atoms with Crippen LogP contribution in [0, 0.1) is 0 Å². The van der Waals surface area contributed by atoms with Gasteiger partial charge in [0.1, 0.15) is 5.75 Å². The van der Waals surface area contributed by atoms with E-state index in [0.29, 0.717) is 18.0 Å². The van der Waals surface area contributed by atoms with Crippen LogP contribution in [0.1, 0.15) is 51.4 Å². The van der Waals surface area contributed by atoms with Crippen molar-refractivity contribution in [3.8, 4) is 5.75 Å². The molecule has 1 unspecified atom stereocenters. The van der Waals surface area contributed by atoms with Crippen LogP contribution in [0.25, 0.3) is 0 Å². The van der Waals surface area contributed by atoms with Gasteiger partial charge in [-0.15, -0.1) is 9.97 Å². The molecular formula is C24H37BrN7O+. The number of aromatic nitrogens is 3. The van der Waals surface area contributed by atoms with Gasteiger partial charge in [-0.1, -0.05) is 12.8 Å². The second kappa shape index (κ2) is 10.5. The fraction of sp³-hybridized carbons (Fsp3) is 0.625. The monoisotopic (exact) mass is 518 g/mol. The lowest BCUT2D eigenvalue weighted by Gasteiger charge is -2.47. The Kier molecular flexibility index (Phi) is 7.71. The van der Waals surface area contributed by atoms with Gasteiger partial charge in [-0.05, 0) is 66.9 Å². The van der Waals surface area contributed by atoms with Crippen molar-refractivity contribution in [2.75, 3.05) is 45.3 Å². The second-order valence-electron chi connectivity index (χ2n) is 9.62. The van der Waals surface area contributed by atoms with Crippen molar-refractivity contribution in [3.05, 3.63) is 22.7 Å². The zero-order chi connectivity index (χ0) is 23.4. The molecule has 2 heterocycles. The van der Waals surface area contributed by atoms with Crippen LogP contribution in [-0.2, 0) is 0 Å². The molecule has 2 aromatic rings. The molecule has 1 saturated heterocycles. The molecule has 9 heteroatoms. The number of anilines is 3. The van der Waals surface area contributed by atoms with Crippen molar-refractivity contribution in [3.63, 3.8) is 0 Å². The number of nitrogens with two attached hydrogens (primary N) is 1. The largest absolute Gasteiger partial charge is 0.496 e. The molecule has 2 aliphatic rings. The first-order valence-corrected chi connectivity index (χ1v) is 12.9. The zero-order valence-electron chi connectivity index (χ0n) is 20.1. The summed E-state index contributed by atoms with van der Waals surface area (Å²) in [5.41, 5.74) is 7.11. The fourth-order valence-corrected chi connectivity index (χ4v) is 6.02. The number of quaternary nitrogens is 1. The molecule has 180 valence electrons. The number of ether oxygens (including phenoxy) is 1. The molecule has 1 aliphatic carbocycles. The fourth-order valence-electron chi connectivity index (χ4n) is 5.48. The van der Waals surface area contributed by atoms with E-state index in [9.17, 15) is 0 Å². The third kappa shape index (κ3) is 5.41. The summed E-state index contributed by atoms with van der Waals surface area (Å²) in [5, 5.41) is 3.33. The van der Waals surface area contributed by atoms with Crippen LogP contribution in [0.15, 0.2) is 22.7 Å². The molecule has 33 heavy (non-hydrogen) atoms. The number of nitrogen functional groups attached to an aromatic ring is 1. The predicted molar refractivity (Wildman–Crippen MR) is 138 cm³/mol. The summed E-state index contributed by atoms with van der Waals surface area (Å²) in [4.78, 5) is 16.5. The second-order valence-corrected chi connectivity index (χ2v) is 10.5. The van der Waals surface area contributed by atoms with Crippen LogP contribution in [0.3, 0.4) is 0 Å². The average Bonchev–Trinajstić information content (AvgIpc) is 3.09. The first-order valence-electron chi connectivity index (χ1n) is 12.1. The highest BCUT2D eigenvalue weighted by molar-refractivity contribution is 9.10. The summed E-state index contributed by atoms with van der Waals surface area (Å²) in [6, 6.07) is 6.79. The minimum Gasteiger partial charge on any atom is -0.496 e. The van der Waals surface area contributed by atoms with E-state index in [1.54, 1.807) is 7.11 Å². The standard InChI is InChI=1S/C24H37BrN7O/c1-31-14-12-19(13-15-31)32(2,18-8-6-4-5-7-9-18)24-29-22(26)28-23(30-24)27-17-10-11-21(33-3)20(25)16-17/h10-11,16,18-19H,4-9,12-15H2,1-3H3,(H3,26,27,28,29,30)/q+1. The van der Waals surface area contributed by atoms with Crippen molar-refractivity contribution in [1.82, 2.24) is 24.3 Å². The van der Waals surface area contributed by atoms with Crippen molar-refractivity contribution >= 4 is 39.5 Å². The molecule has 1 atom stereocenters. The molecule has 1 saturated carbocycles. The zero-order valence-corrected chi connectivity index (χ0v) is 21.6. The van der Waals surface area contributed by atoms with Gasteiger partial charge in [0.2, 0.25) is 11.9 Å². The number of nitrogens with one attached hydrogen (secondary N) is 1. The molecule has 0 spiro atoms. The van der Waals surface area contributed by atoms with Gasteiger partial charge >= 0.3 is 5.95 Å². The quantitative estimate of drug-likeness (QED) is 0.422. The smallest absolute Gasteiger partial charge is 0.335 e. The Bertz CT molecular complexity index is 942. The number of piperidine rings is 1. The van der Waals surface area contributed by atoms with E-state index >= 15 is 0 Å². The molecule has 2 fully saturated rings. The maximum absolute atomic E-state index is 6.25. The lowest BCUT2D eigenvalue weighted by Crippen LogP contribution is -2.63. The van der Waals surface area contributed by atoms with Crippen molar-refractivity contribution in [2.24, 2.45) is 0 Å². The maximum Gasteiger partial charge on any atom is 0.335 e. The Morgan fingerprint density at radius 2 is 1.70 bits per heavy atom.